The summed E-state index contributed by atoms with van der Waals surface area (Å²) in [4.78, 5) is 18.0. The van der Waals surface area contributed by atoms with E-state index >= 15 is 0 Å². The molecular weight excluding hydrogens is 368 g/mol. The maximum atomic E-state index is 13.4. The summed E-state index contributed by atoms with van der Waals surface area (Å²) >= 11 is 0. The fourth-order valence-electron chi connectivity index (χ4n) is 4.88. The lowest BCUT2D eigenvalue weighted by Crippen LogP contribution is -2.52. The Hall–Kier alpha value is -2.91. The van der Waals surface area contributed by atoms with Crippen molar-refractivity contribution in [2.24, 2.45) is 0 Å². The molecule has 3 nitrogen and oxygen atoms in total. The first kappa shape index (κ1) is 19.1. The van der Waals surface area contributed by atoms with E-state index in [4.69, 9.17) is 0 Å². The van der Waals surface area contributed by atoms with E-state index < -0.39 is 0 Å². The third-order valence-electron chi connectivity index (χ3n) is 6.68. The molecule has 0 atom stereocenters. The van der Waals surface area contributed by atoms with E-state index in [1.165, 1.54) is 16.7 Å². The molecule has 3 aromatic carbocycles. The Morgan fingerprint density at radius 1 is 0.667 bits per heavy atom. The number of amides is 1. The predicted molar refractivity (Wildman–Crippen MR) is 120 cm³/mol. The number of carbonyl (C=O) groups is 1. The van der Waals surface area contributed by atoms with Gasteiger partial charge in [-0.3, -0.25) is 9.69 Å². The molecule has 5 rings (SSSR count). The molecule has 0 radical (unpaired) electrons. The van der Waals surface area contributed by atoms with Crippen LogP contribution in [0.3, 0.4) is 0 Å². The van der Waals surface area contributed by atoms with Crippen molar-refractivity contribution in [1.82, 2.24) is 9.80 Å². The molecule has 1 amide bonds. The quantitative estimate of drug-likeness (QED) is 0.627. The number of nitrogens with zero attached hydrogens (tertiary/aromatic N) is 2. The number of rotatable bonds is 5. The molecule has 30 heavy (non-hydrogen) atoms. The summed E-state index contributed by atoms with van der Waals surface area (Å²) in [5, 5.41) is 0. The average Bonchev–Trinajstić information content (AvgIpc) is 3.64. The molecule has 2 aliphatic rings. The van der Waals surface area contributed by atoms with E-state index in [1.54, 1.807) is 0 Å². The van der Waals surface area contributed by atoms with Gasteiger partial charge in [0.2, 0.25) is 5.91 Å². The van der Waals surface area contributed by atoms with Gasteiger partial charge < -0.3 is 4.90 Å². The van der Waals surface area contributed by atoms with Gasteiger partial charge in [0.25, 0.3) is 0 Å². The van der Waals surface area contributed by atoms with Crippen molar-refractivity contribution >= 4 is 5.91 Å². The van der Waals surface area contributed by atoms with Crippen molar-refractivity contribution in [3.05, 3.63) is 108 Å². The monoisotopic (exact) mass is 396 g/mol. The second kappa shape index (κ2) is 8.08. The van der Waals surface area contributed by atoms with Crippen molar-refractivity contribution in [2.45, 2.75) is 24.3 Å². The van der Waals surface area contributed by atoms with E-state index in [-0.39, 0.29) is 11.5 Å². The third-order valence-corrected chi connectivity index (χ3v) is 6.68. The Labute approximate surface area is 178 Å². The second-order valence-corrected chi connectivity index (χ2v) is 8.50. The minimum atomic E-state index is -0.262. The van der Waals surface area contributed by atoms with Crippen LogP contribution in [0.4, 0.5) is 0 Å². The van der Waals surface area contributed by atoms with E-state index in [0.717, 1.165) is 39.0 Å². The Morgan fingerprint density at radius 3 is 1.60 bits per heavy atom. The van der Waals surface area contributed by atoms with Gasteiger partial charge in [-0.25, -0.2) is 0 Å². The summed E-state index contributed by atoms with van der Waals surface area (Å²) in [6.07, 6.45) is 1.96. The largest absolute Gasteiger partial charge is 0.339 e. The average molecular weight is 397 g/mol. The van der Waals surface area contributed by atoms with Gasteiger partial charge in [-0.05, 0) is 29.5 Å². The molecule has 1 saturated carbocycles. The standard InChI is InChI=1S/C27H28N2O/c30-26(27(16-17-27)24-14-8-3-9-15-24)29-20-18-28(19-21-29)25(22-10-4-1-5-11-22)23-12-6-2-7-13-23/h1-15,25H,16-21H2. The van der Waals surface area contributed by atoms with E-state index in [9.17, 15) is 4.79 Å². The normalized spacial score (nSPS) is 18.4. The molecule has 1 saturated heterocycles. The van der Waals surface area contributed by atoms with Gasteiger partial charge in [-0.15, -0.1) is 0 Å². The summed E-state index contributed by atoms with van der Waals surface area (Å²) in [7, 11) is 0. The first-order valence-electron chi connectivity index (χ1n) is 11.0. The van der Waals surface area contributed by atoms with Crippen LogP contribution in [-0.4, -0.2) is 41.9 Å². The molecule has 0 spiro atoms. The lowest BCUT2D eigenvalue weighted by molar-refractivity contribution is -0.136. The minimum absolute atomic E-state index is 0.230. The fourth-order valence-corrected chi connectivity index (χ4v) is 4.88. The van der Waals surface area contributed by atoms with Crippen LogP contribution >= 0.6 is 0 Å². The molecule has 0 N–H and O–H groups in total. The number of hydrogen-bond donors (Lipinski definition) is 0. The molecule has 1 aliphatic heterocycles. The molecular formula is C27H28N2O. The molecule has 3 heteroatoms. The van der Waals surface area contributed by atoms with Crippen LogP contribution in [0.1, 0.15) is 35.6 Å². The van der Waals surface area contributed by atoms with Crippen LogP contribution in [0.2, 0.25) is 0 Å². The number of carbonyl (C=O) groups excluding carboxylic acids is 1. The summed E-state index contributed by atoms with van der Waals surface area (Å²) in [5.74, 6) is 0.323. The highest BCUT2D eigenvalue weighted by Gasteiger charge is 2.53. The van der Waals surface area contributed by atoms with Crippen LogP contribution in [0.25, 0.3) is 0 Å². The van der Waals surface area contributed by atoms with Crippen molar-refractivity contribution in [3.8, 4) is 0 Å². The van der Waals surface area contributed by atoms with Gasteiger partial charge >= 0.3 is 0 Å². The van der Waals surface area contributed by atoms with Crippen LogP contribution in [0.5, 0.6) is 0 Å². The maximum absolute atomic E-state index is 13.4. The van der Waals surface area contributed by atoms with Crippen molar-refractivity contribution < 1.29 is 4.79 Å². The molecule has 0 bridgehead atoms. The second-order valence-electron chi connectivity index (χ2n) is 8.50. The zero-order valence-corrected chi connectivity index (χ0v) is 17.3. The van der Waals surface area contributed by atoms with Crippen LogP contribution in [0.15, 0.2) is 91.0 Å². The maximum Gasteiger partial charge on any atom is 0.233 e. The summed E-state index contributed by atoms with van der Waals surface area (Å²) < 4.78 is 0. The Kier molecular flexibility index (Phi) is 5.14. The molecule has 0 unspecified atom stereocenters. The van der Waals surface area contributed by atoms with E-state index in [0.29, 0.717) is 5.91 Å². The number of hydrogen-bond acceptors (Lipinski definition) is 2. The van der Waals surface area contributed by atoms with Gasteiger partial charge in [-0.2, -0.15) is 0 Å². The van der Waals surface area contributed by atoms with Crippen LogP contribution in [-0.2, 0) is 10.2 Å². The Bertz CT molecular complexity index is 936. The summed E-state index contributed by atoms with van der Waals surface area (Å²) in [6.45, 7) is 3.38. The molecule has 0 aromatic heterocycles. The van der Waals surface area contributed by atoms with Crippen molar-refractivity contribution in [1.29, 1.82) is 0 Å². The van der Waals surface area contributed by atoms with Gasteiger partial charge in [0.1, 0.15) is 0 Å². The molecule has 2 fully saturated rings. The summed E-state index contributed by atoms with van der Waals surface area (Å²) in [6, 6.07) is 32.0. The van der Waals surface area contributed by atoms with Crippen LogP contribution < -0.4 is 0 Å². The van der Waals surface area contributed by atoms with Crippen molar-refractivity contribution in [3.63, 3.8) is 0 Å². The highest BCUT2D eigenvalue weighted by molar-refractivity contribution is 5.91. The smallest absolute Gasteiger partial charge is 0.233 e. The van der Waals surface area contributed by atoms with Gasteiger partial charge in [0.05, 0.1) is 11.5 Å². The topological polar surface area (TPSA) is 23.6 Å². The fraction of sp³-hybridized carbons (Fsp3) is 0.296. The predicted octanol–water partition coefficient (Wildman–Crippen LogP) is 4.65. The van der Waals surface area contributed by atoms with Crippen LogP contribution in [0, 0.1) is 0 Å². The van der Waals surface area contributed by atoms with Gasteiger partial charge in [0, 0.05) is 26.2 Å². The SMILES string of the molecule is O=C(N1CCN(C(c2ccccc2)c2ccccc2)CC1)C1(c2ccccc2)CC1. The highest BCUT2D eigenvalue weighted by Crippen LogP contribution is 2.49. The lowest BCUT2D eigenvalue weighted by atomic mass is 9.93. The van der Waals surface area contributed by atoms with Crippen molar-refractivity contribution in [2.75, 3.05) is 26.2 Å². The number of benzene rings is 3. The highest BCUT2D eigenvalue weighted by atomic mass is 16.2. The Morgan fingerprint density at radius 2 is 1.13 bits per heavy atom. The zero-order valence-electron chi connectivity index (χ0n) is 17.3. The molecule has 152 valence electrons. The molecule has 3 aromatic rings. The van der Waals surface area contributed by atoms with Gasteiger partial charge in [0.15, 0.2) is 0 Å². The minimum Gasteiger partial charge on any atom is -0.339 e. The molecule has 1 aliphatic carbocycles. The number of piperazine rings is 1. The molecule has 1 heterocycles. The Balaban J connectivity index is 1.33. The first-order chi connectivity index (χ1) is 14.8. The van der Waals surface area contributed by atoms with Gasteiger partial charge in [-0.1, -0.05) is 91.0 Å². The lowest BCUT2D eigenvalue weighted by Gasteiger charge is -2.41. The first-order valence-corrected chi connectivity index (χ1v) is 11.0. The third kappa shape index (κ3) is 3.54. The zero-order chi connectivity index (χ0) is 20.4. The van der Waals surface area contributed by atoms with E-state index in [1.807, 2.05) is 18.2 Å². The van der Waals surface area contributed by atoms with E-state index in [2.05, 4.69) is 82.6 Å². The summed E-state index contributed by atoms with van der Waals surface area (Å²) in [5.41, 5.74) is 3.54.